The molecule has 0 spiro atoms. The number of phenols is 1. The normalized spacial score (nSPS) is 11.0. The molecule has 0 radical (unpaired) electrons. The maximum atomic E-state index is 9.98. The molecule has 78 valence electrons. The van der Waals surface area contributed by atoms with E-state index < -0.39 is 0 Å². The van der Waals surface area contributed by atoms with E-state index >= 15 is 0 Å². The smallest absolute Gasteiger partial charge is 0.122 e. The van der Waals surface area contributed by atoms with Crippen LogP contribution in [0.15, 0.2) is 6.07 Å². The van der Waals surface area contributed by atoms with Crippen molar-refractivity contribution in [3.8, 4) is 5.75 Å². The van der Waals surface area contributed by atoms with Crippen molar-refractivity contribution < 1.29 is 5.11 Å². The summed E-state index contributed by atoms with van der Waals surface area (Å²) in [4.78, 5) is 0. The minimum atomic E-state index is 0.372. The lowest BCUT2D eigenvalue weighted by Gasteiger charge is -2.15. The molecule has 1 N–H and O–H groups in total. The fourth-order valence-electron chi connectivity index (χ4n) is 1.69. The average Bonchev–Trinajstić information content (AvgIpc) is 2.12. The zero-order chi connectivity index (χ0) is 10.9. The number of phenolic OH excluding ortho intramolecular Hbond substituents is 1. The minimum absolute atomic E-state index is 0.372. The first-order chi connectivity index (χ1) is 6.49. The summed E-state index contributed by atoms with van der Waals surface area (Å²) >= 11 is 3.44. The van der Waals surface area contributed by atoms with Gasteiger partial charge in [-0.1, -0.05) is 35.8 Å². The van der Waals surface area contributed by atoms with E-state index in [1.54, 1.807) is 0 Å². The third-order valence-electron chi connectivity index (χ3n) is 2.68. The lowest BCUT2D eigenvalue weighted by Crippen LogP contribution is -1.97. The van der Waals surface area contributed by atoms with Gasteiger partial charge in [0.15, 0.2) is 0 Å². The van der Waals surface area contributed by atoms with Gasteiger partial charge < -0.3 is 5.11 Å². The van der Waals surface area contributed by atoms with Crippen LogP contribution in [0.25, 0.3) is 0 Å². The summed E-state index contributed by atoms with van der Waals surface area (Å²) in [6.45, 7) is 8.27. The van der Waals surface area contributed by atoms with Gasteiger partial charge in [0.2, 0.25) is 0 Å². The second-order valence-electron chi connectivity index (χ2n) is 4.02. The van der Waals surface area contributed by atoms with Crippen molar-refractivity contribution in [2.45, 2.75) is 38.9 Å². The van der Waals surface area contributed by atoms with Crippen LogP contribution < -0.4 is 0 Å². The highest BCUT2D eigenvalue weighted by Gasteiger charge is 2.13. The van der Waals surface area contributed by atoms with Crippen molar-refractivity contribution in [2.75, 3.05) is 0 Å². The molecule has 0 aliphatic heterocycles. The zero-order valence-corrected chi connectivity index (χ0v) is 10.8. The summed E-state index contributed by atoms with van der Waals surface area (Å²) in [7, 11) is 0. The monoisotopic (exact) mass is 256 g/mol. The molecule has 2 heteroatoms. The largest absolute Gasteiger partial charge is 0.507 e. The molecule has 0 heterocycles. The molecule has 0 saturated carbocycles. The van der Waals surface area contributed by atoms with Gasteiger partial charge in [0.1, 0.15) is 5.75 Å². The lowest BCUT2D eigenvalue weighted by atomic mass is 9.93. The predicted octanol–water partition coefficient (Wildman–Crippen LogP) is 4.03. The first-order valence-electron chi connectivity index (χ1n) is 4.87. The molecule has 1 aromatic rings. The van der Waals surface area contributed by atoms with Gasteiger partial charge >= 0.3 is 0 Å². The average molecular weight is 257 g/mol. The van der Waals surface area contributed by atoms with Crippen LogP contribution in [0.2, 0.25) is 0 Å². The van der Waals surface area contributed by atoms with E-state index in [0.717, 1.165) is 16.5 Å². The molecule has 0 fully saturated rings. The second kappa shape index (κ2) is 4.35. The lowest BCUT2D eigenvalue weighted by molar-refractivity contribution is 0.459. The van der Waals surface area contributed by atoms with Gasteiger partial charge in [0.25, 0.3) is 0 Å². The van der Waals surface area contributed by atoms with Crippen LogP contribution >= 0.6 is 15.9 Å². The number of hydrogen-bond acceptors (Lipinski definition) is 1. The Balaban J connectivity index is 3.40. The molecule has 0 unspecified atom stereocenters. The standard InChI is InChI=1S/C12H17BrO/c1-7(2)10-5-8(3)11(6-13)9(4)12(10)14/h5,7,14H,6H2,1-4H3. The molecule has 1 aromatic carbocycles. The number of alkyl halides is 1. The first-order valence-corrected chi connectivity index (χ1v) is 5.99. The van der Waals surface area contributed by atoms with E-state index in [2.05, 4.69) is 42.8 Å². The maximum Gasteiger partial charge on any atom is 0.122 e. The van der Waals surface area contributed by atoms with Crippen LogP contribution in [0.5, 0.6) is 5.75 Å². The summed E-state index contributed by atoms with van der Waals surface area (Å²) in [6, 6.07) is 2.09. The van der Waals surface area contributed by atoms with Gasteiger partial charge in [0, 0.05) is 5.33 Å². The highest BCUT2D eigenvalue weighted by atomic mass is 79.9. The van der Waals surface area contributed by atoms with E-state index in [0.29, 0.717) is 11.7 Å². The van der Waals surface area contributed by atoms with E-state index in [1.807, 2.05) is 6.92 Å². The fraction of sp³-hybridized carbons (Fsp3) is 0.500. The summed E-state index contributed by atoms with van der Waals surface area (Å²) in [6.07, 6.45) is 0. The molecule has 0 atom stereocenters. The highest BCUT2D eigenvalue weighted by molar-refractivity contribution is 9.08. The Morgan fingerprint density at radius 3 is 2.36 bits per heavy atom. The molecule has 0 bridgehead atoms. The molecule has 0 saturated heterocycles. The van der Waals surface area contributed by atoms with E-state index in [1.165, 1.54) is 11.1 Å². The molecule has 0 amide bonds. The van der Waals surface area contributed by atoms with Crippen molar-refractivity contribution in [1.29, 1.82) is 0 Å². The summed E-state index contributed by atoms with van der Waals surface area (Å²) in [5.41, 5.74) is 4.50. The number of benzene rings is 1. The molecule has 0 aromatic heterocycles. The van der Waals surface area contributed by atoms with Crippen LogP contribution in [-0.4, -0.2) is 5.11 Å². The number of hydrogen-bond donors (Lipinski definition) is 1. The van der Waals surface area contributed by atoms with Crippen molar-refractivity contribution in [3.63, 3.8) is 0 Å². The summed E-state index contributed by atoms with van der Waals surface area (Å²) in [5.74, 6) is 0.830. The Morgan fingerprint density at radius 2 is 1.93 bits per heavy atom. The molecule has 0 aliphatic rings. The topological polar surface area (TPSA) is 20.2 Å². The van der Waals surface area contributed by atoms with Gasteiger partial charge in [-0.25, -0.2) is 0 Å². The Labute approximate surface area is 94.3 Å². The van der Waals surface area contributed by atoms with Crippen LogP contribution in [0.3, 0.4) is 0 Å². The predicted molar refractivity (Wildman–Crippen MR) is 64.3 cm³/mol. The van der Waals surface area contributed by atoms with Crippen molar-refractivity contribution in [3.05, 3.63) is 28.3 Å². The van der Waals surface area contributed by atoms with Gasteiger partial charge in [-0.05, 0) is 42.0 Å². The van der Waals surface area contributed by atoms with E-state index in [9.17, 15) is 5.11 Å². The van der Waals surface area contributed by atoms with Gasteiger partial charge in [-0.15, -0.1) is 0 Å². The third kappa shape index (κ3) is 1.95. The molecular formula is C12H17BrO. The number of halogens is 1. The van der Waals surface area contributed by atoms with Crippen molar-refractivity contribution in [1.82, 2.24) is 0 Å². The second-order valence-corrected chi connectivity index (χ2v) is 4.58. The van der Waals surface area contributed by atoms with E-state index in [4.69, 9.17) is 0 Å². The quantitative estimate of drug-likeness (QED) is 0.793. The number of rotatable bonds is 2. The molecular weight excluding hydrogens is 240 g/mol. The molecule has 1 rings (SSSR count). The van der Waals surface area contributed by atoms with Crippen LogP contribution in [0.4, 0.5) is 0 Å². The van der Waals surface area contributed by atoms with Crippen molar-refractivity contribution in [2.24, 2.45) is 0 Å². The van der Waals surface area contributed by atoms with Gasteiger partial charge in [-0.2, -0.15) is 0 Å². The number of aryl methyl sites for hydroxylation is 1. The Morgan fingerprint density at radius 1 is 1.36 bits per heavy atom. The first kappa shape index (κ1) is 11.6. The number of aromatic hydroxyl groups is 1. The minimum Gasteiger partial charge on any atom is -0.507 e. The Bertz CT molecular complexity index is 343. The van der Waals surface area contributed by atoms with E-state index in [-0.39, 0.29) is 0 Å². The van der Waals surface area contributed by atoms with Crippen molar-refractivity contribution >= 4 is 15.9 Å². The molecule has 14 heavy (non-hydrogen) atoms. The van der Waals surface area contributed by atoms with Crippen LogP contribution in [0.1, 0.15) is 42.0 Å². The SMILES string of the molecule is Cc1cc(C(C)C)c(O)c(C)c1CBr. The fourth-order valence-corrected chi connectivity index (χ4v) is 2.55. The Kier molecular flexibility index (Phi) is 3.59. The maximum absolute atomic E-state index is 9.98. The zero-order valence-electron chi connectivity index (χ0n) is 9.19. The highest BCUT2D eigenvalue weighted by Crippen LogP contribution is 2.33. The van der Waals surface area contributed by atoms with Gasteiger partial charge in [0.05, 0.1) is 0 Å². The molecule has 1 nitrogen and oxygen atoms in total. The third-order valence-corrected chi connectivity index (χ3v) is 3.25. The summed E-state index contributed by atoms with van der Waals surface area (Å²) in [5, 5.41) is 10.8. The van der Waals surface area contributed by atoms with Gasteiger partial charge in [-0.3, -0.25) is 0 Å². The summed E-state index contributed by atoms with van der Waals surface area (Å²) < 4.78 is 0. The Hall–Kier alpha value is -0.500. The van der Waals surface area contributed by atoms with Crippen LogP contribution in [-0.2, 0) is 5.33 Å². The van der Waals surface area contributed by atoms with Crippen LogP contribution in [0, 0.1) is 13.8 Å². The molecule has 0 aliphatic carbocycles.